The quantitative estimate of drug-likeness (QED) is 0.750. The van der Waals surface area contributed by atoms with E-state index in [0.29, 0.717) is 5.75 Å². The average molecular weight is 234 g/mol. The third kappa shape index (κ3) is 3.79. The first-order valence-electron chi connectivity index (χ1n) is 5.52. The number of hydrogen-bond donors (Lipinski definition) is 2. The van der Waals surface area contributed by atoms with Crippen LogP contribution >= 0.6 is 0 Å². The van der Waals surface area contributed by atoms with E-state index in [1.807, 2.05) is 18.2 Å². The molecule has 1 aromatic carbocycles. The van der Waals surface area contributed by atoms with E-state index in [1.54, 1.807) is 12.1 Å². The Labute approximate surface area is 99.1 Å². The molecule has 1 saturated carbocycles. The Kier molecular flexibility index (Phi) is 3.59. The topological polar surface area (TPSA) is 67.4 Å². The lowest BCUT2D eigenvalue weighted by atomic mass is 10.3. The molecule has 2 amide bonds. The number of benzene rings is 1. The fourth-order valence-corrected chi connectivity index (χ4v) is 1.28. The molecular formula is C12H14N2O3. The van der Waals surface area contributed by atoms with Gasteiger partial charge < -0.3 is 4.74 Å². The predicted molar refractivity (Wildman–Crippen MR) is 60.9 cm³/mol. The Morgan fingerprint density at radius 3 is 2.53 bits per heavy atom. The van der Waals surface area contributed by atoms with Crippen molar-refractivity contribution in [1.29, 1.82) is 0 Å². The van der Waals surface area contributed by atoms with Crippen LogP contribution < -0.4 is 15.6 Å². The molecule has 5 nitrogen and oxygen atoms in total. The van der Waals surface area contributed by atoms with Crippen molar-refractivity contribution in [3.63, 3.8) is 0 Å². The zero-order valence-corrected chi connectivity index (χ0v) is 9.31. The molecule has 5 heteroatoms. The van der Waals surface area contributed by atoms with Gasteiger partial charge in [0, 0.05) is 5.92 Å². The van der Waals surface area contributed by atoms with Crippen LogP contribution in [0.1, 0.15) is 12.8 Å². The van der Waals surface area contributed by atoms with Crippen LogP contribution in [0.5, 0.6) is 5.75 Å². The van der Waals surface area contributed by atoms with Crippen LogP contribution in [0.15, 0.2) is 30.3 Å². The highest BCUT2D eigenvalue weighted by Crippen LogP contribution is 2.28. The monoisotopic (exact) mass is 234 g/mol. The molecule has 1 aliphatic carbocycles. The van der Waals surface area contributed by atoms with Gasteiger partial charge in [0.15, 0.2) is 6.61 Å². The Hall–Kier alpha value is -2.04. The molecule has 0 aliphatic heterocycles. The molecule has 2 N–H and O–H groups in total. The van der Waals surface area contributed by atoms with Gasteiger partial charge >= 0.3 is 0 Å². The predicted octanol–water partition coefficient (Wildman–Crippen LogP) is 0.623. The molecule has 0 bridgehead atoms. The van der Waals surface area contributed by atoms with E-state index in [2.05, 4.69) is 10.9 Å². The SMILES string of the molecule is O=C(COc1ccccc1)NNC(=O)C1CC1. The molecule has 90 valence electrons. The largest absolute Gasteiger partial charge is 0.484 e. The number of rotatable bonds is 4. The standard InChI is InChI=1S/C12H14N2O3/c15-11(13-14-12(16)9-6-7-9)8-17-10-4-2-1-3-5-10/h1-5,9H,6-8H2,(H,13,15)(H,14,16). The minimum absolute atomic E-state index is 0.0744. The average Bonchev–Trinajstić information content (AvgIpc) is 3.19. The van der Waals surface area contributed by atoms with E-state index in [1.165, 1.54) is 0 Å². The van der Waals surface area contributed by atoms with Crippen LogP contribution in [0, 0.1) is 5.92 Å². The van der Waals surface area contributed by atoms with Crippen molar-refractivity contribution in [2.75, 3.05) is 6.61 Å². The Morgan fingerprint density at radius 2 is 1.88 bits per heavy atom. The van der Waals surface area contributed by atoms with Gasteiger partial charge in [-0.25, -0.2) is 0 Å². The summed E-state index contributed by atoms with van der Waals surface area (Å²) in [6.45, 7) is -0.116. The van der Waals surface area contributed by atoms with Crippen molar-refractivity contribution in [2.45, 2.75) is 12.8 Å². The maximum Gasteiger partial charge on any atom is 0.276 e. The fraction of sp³-hybridized carbons (Fsp3) is 0.333. The molecule has 0 atom stereocenters. The van der Waals surface area contributed by atoms with Crippen LogP contribution in [0.2, 0.25) is 0 Å². The summed E-state index contributed by atoms with van der Waals surface area (Å²) in [5, 5.41) is 0. The lowest BCUT2D eigenvalue weighted by Crippen LogP contribution is -2.44. The second kappa shape index (κ2) is 5.34. The van der Waals surface area contributed by atoms with Crippen molar-refractivity contribution in [3.05, 3.63) is 30.3 Å². The van der Waals surface area contributed by atoms with Gasteiger partial charge in [-0.15, -0.1) is 0 Å². The molecule has 1 fully saturated rings. The van der Waals surface area contributed by atoms with Crippen LogP contribution in [0.4, 0.5) is 0 Å². The molecule has 2 rings (SSSR count). The number of para-hydroxylation sites is 1. The third-order valence-corrected chi connectivity index (χ3v) is 2.39. The maximum atomic E-state index is 11.3. The summed E-state index contributed by atoms with van der Waals surface area (Å²) in [5.41, 5.74) is 4.67. The molecule has 1 aliphatic rings. The lowest BCUT2D eigenvalue weighted by Gasteiger charge is -2.08. The number of nitrogens with one attached hydrogen (secondary N) is 2. The van der Waals surface area contributed by atoms with E-state index >= 15 is 0 Å². The smallest absolute Gasteiger partial charge is 0.276 e. The summed E-state index contributed by atoms with van der Waals surface area (Å²) in [4.78, 5) is 22.5. The van der Waals surface area contributed by atoms with Crippen molar-refractivity contribution in [2.24, 2.45) is 5.92 Å². The van der Waals surface area contributed by atoms with Gasteiger partial charge in [0.25, 0.3) is 5.91 Å². The summed E-state index contributed by atoms with van der Waals surface area (Å²) >= 11 is 0. The lowest BCUT2D eigenvalue weighted by molar-refractivity contribution is -0.130. The Balaban J connectivity index is 1.65. The molecular weight excluding hydrogens is 220 g/mol. The van der Waals surface area contributed by atoms with Crippen molar-refractivity contribution < 1.29 is 14.3 Å². The van der Waals surface area contributed by atoms with E-state index in [4.69, 9.17) is 4.74 Å². The molecule has 0 aromatic heterocycles. The van der Waals surface area contributed by atoms with Gasteiger partial charge in [-0.3, -0.25) is 20.4 Å². The summed E-state index contributed by atoms with van der Waals surface area (Å²) < 4.78 is 5.21. The molecule has 0 radical (unpaired) electrons. The Morgan fingerprint density at radius 1 is 1.18 bits per heavy atom. The number of hydrogen-bond acceptors (Lipinski definition) is 3. The van der Waals surface area contributed by atoms with Gasteiger partial charge in [0.05, 0.1) is 0 Å². The molecule has 0 unspecified atom stereocenters. The number of carbonyl (C=O) groups is 2. The first-order valence-corrected chi connectivity index (χ1v) is 5.52. The highest BCUT2D eigenvalue weighted by atomic mass is 16.5. The molecule has 0 spiro atoms. The first-order chi connectivity index (χ1) is 8.25. The normalized spacial score (nSPS) is 13.9. The highest BCUT2D eigenvalue weighted by Gasteiger charge is 2.29. The zero-order valence-electron chi connectivity index (χ0n) is 9.31. The van der Waals surface area contributed by atoms with E-state index in [9.17, 15) is 9.59 Å². The minimum atomic E-state index is -0.372. The second-order valence-corrected chi connectivity index (χ2v) is 3.91. The summed E-state index contributed by atoms with van der Waals surface area (Å²) in [7, 11) is 0. The van der Waals surface area contributed by atoms with Crippen molar-refractivity contribution in [3.8, 4) is 5.75 Å². The van der Waals surface area contributed by atoms with Gasteiger partial charge in [-0.1, -0.05) is 18.2 Å². The first kappa shape index (κ1) is 11.4. The fourth-order valence-electron chi connectivity index (χ4n) is 1.28. The Bertz CT molecular complexity index is 401. The van der Waals surface area contributed by atoms with Gasteiger partial charge in [0.2, 0.25) is 5.91 Å². The molecule has 0 saturated heterocycles. The number of ether oxygens (including phenoxy) is 1. The number of hydrazine groups is 1. The van der Waals surface area contributed by atoms with E-state index in [-0.39, 0.29) is 24.3 Å². The van der Waals surface area contributed by atoms with Crippen molar-refractivity contribution >= 4 is 11.8 Å². The summed E-state index contributed by atoms with van der Waals surface area (Å²) in [5.74, 6) is 0.197. The molecule has 17 heavy (non-hydrogen) atoms. The van der Waals surface area contributed by atoms with Crippen LogP contribution in [0.25, 0.3) is 0 Å². The van der Waals surface area contributed by atoms with Gasteiger partial charge in [-0.05, 0) is 25.0 Å². The zero-order chi connectivity index (χ0) is 12.1. The van der Waals surface area contributed by atoms with Crippen LogP contribution in [0.3, 0.4) is 0 Å². The van der Waals surface area contributed by atoms with Gasteiger partial charge in [-0.2, -0.15) is 0 Å². The summed E-state index contributed by atoms with van der Waals surface area (Å²) in [6, 6.07) is 9.03. The highest BCUT2D eigenvalue weighted by molar-refractivity contribution is 5.85. The van der Waals surface area contributed by atoms with Crippen LogP contribution in [-0.4, -0.2) is 18.4 Å². The maximum absolute atomic E-state index is 11.3. The van der Waals surface area contributed by atoms with Crippen LogP contribution in [-0.2, 0) is 9.59 Å². The van der Waals surface area contributed by atoms with Gasteiger partial charge in [0.1, 0.15) is 5.75 Å². The van der Waals surface area contributed by atoms with E-state index < -0.39 is 0 Å². The van der Waals surface area contributed by atoms with E-state index in [0.717, 1.165) is 12.8 Å². The second-order valence-electron chi connectivity index (χ2n) is 3.91. The minimum Gasteiger partial charge on any atom is -0.484 e. The third-order valence-electron chi connectivity index (χ3n) is 2.39. The number of carbonyl (C=O) groups excluding carboxylic acids is 2. The van der Waals surface area contributed by atoms with Crippen molar-refractivity contribution in [1.82, 2.24) is 10.9 Å². The molecule has 0 heterocycles. The summed E-state index contributed by atoms with van der Waals surface area (Å²) in [6.07, 6.45) is 1.81. The molecule has 1 aromatic rings. The number of amides is 2.